The summed E-state index contributed by atoms with van der Waals surface area (Å²) in [5.41, 5.74) is 2.17. The minimum absolute atomic E-state index is 0.0229. The average Bonchev–Trinajstić information content (AvgIpc) is 3.35. The first-order chi connectivity index (χ1) is 12.2. The van der Waals surface area contributed by atoms with Crippen LogP contribution >= 0.6 is 0 Å². The lowest BCUT2D eigenvalue weighted by atomic mass is 9.81. The van der Waals surface area contributed by atoms with Gasteiger partial charge in [0.25, 0.3) is 0 Å². The van der Waals surface area contributed by atoms with Crippen molar-refractivity contribution in [1.82, 2.24) is 0 Å². The van der Waals surface area contributed by atoms with Crippen molar-refractivity contribution in [1.29, 1.82) is 0 Å². The molecule has 126 valence electrons. The van der Waals surface area contributed by atoms with E-state index in [1.54, 1.807) is 6.07 Å². The molecular weight excluding hydrogens is 319 g/mol. The van der Waals surface area contributed by atoms with Crippen LogP contribution in [0.3, 0.4) is 0 Å². The Bertz CT molecular complexity index is 877. The number of anilines is 1. The molecule has 5 rings (SSSR count). The maximum absolute atomic E-state index is 13.8. The van der Waals surface area contributed by atoms with Gasteiger partial charge in [-0.15, -0.1) is 0 Å². The van der Waals surface area contributed by atoms with Crippen LogP contribution in [0.15, 0.2) is 53.6 Å². The maximum atomic E-state index is 13.8. The number of nitrogens with zero attached hydrogens (tertiary/aromatic N) is 2. The Hall–Kier alpha value is -2.69. The molecule has 1 fully saturated rings. The summed E-state index contributed by atoms with van der Waals surface area (Å²) in [7, 11) is 0. The third-order valence-corrected chi connectivity index (χ3v) is 5.47. The standard InChI is InChI=1S/C20H17FN2O2/c21-14-6-7-17-15(10-14)23-16(11-25-17)18(13-4-2-1-3-5-13)19(22-23)20(12-24)8-9-20/h1-7,10,12,16,18H,8-9,11H2. The van der Waals surface area contributed by atoms with E-state index in [0.29, 0.717) is 18.0 Å². The van der Waals surface area contributed by atoms with Crippen molar-refractivity contribution >= 4 is 17.7 Å². The Morgan fingerprint density at radius 1 is 1.20 bits per heavy atom. The van der Waals surface area contributed by atoms with Gasteiger partial charge in [0.05, 0.1) is 23.1 Å². The number of carbonyl (C=O) groups excluding carboxylic acids is 1. The molecule has 4 nitrogen and oxygen atoms in total. The highest BCUT2D eigenvalue weighted by molar-refractivity contribution is 6.10. The molecule has 0 bridgehead atoms. The number of carbonyl (C=O) groups is 1. The molecule has 2 aromatic rings. The topological polar surface area (TPSA) is 41.9 Å². The average molecular weight is 336 g/mol. The molecule has 0 aromatic heterocycles. The van der Waals surface area contributed by atoms with Crippen molar-refractivity contribution < 1.29 is 13.9 Å². The van der Waals surface area contributed by atoms with Gasteiger partial charge in [0, 0.05) is 6.07 Å². The summed E-state index contributed by atoms with van der Waals surface area (Å²) in [6.45, 7) is 0.458. The highest BCUT2D eigenvalue weighted by Crippen LogP contribution is 2.53. The number of halogens is 1. The molecule has 5 heteroatoms. The summed E-state index contributed by atoms with van der Waals surface area (Å²) >= 11 is 0. The van der Waals surface area contributed by atoms with Gasteiger partial charge in [0.1, 0.15) is 30.1 Å². The number of rotatable bonds is 3. The third kappa shape index (κ3) is 2.11. The normalized spacial score (nSPS) is 25.5. The SMILES string of the molecule is O=CC1(C2=NN3c4cc(F)ccc4OCC3C2c2ccccc2)CC1. The summed E-state index contributed by atoms with van der Waals surface area (Å²) in [6, 6.07) is 14.5. The minimum Gasteiger partial charge on any atom is -0.489 e. The Morgan fingerprint density at radius 2 is 2.00 bits per heavy atom. The summed E-state index contributed by atoms with van der Waals surface area (Å²) in [5.74, 6) is 0.287. The lowest BCUT2D eigenvalue weighted by Crippen LogP contribution is -2.41. The van der Waals surface area contributed by atoms with E-state index in [4.69, 9.17) is 9.84 Å². The fourth-order valence-electron chi connectivity index (χ4n) is 3.96. The van der Waals surface area contributed by atoms with E-state index in [1.807, 2.05) is 23.2 Å². The molecular formula is C20H17FN2O2. The van der Waals surface area contributed by atoms with Gasteiger partial charge in [-0.1, -0.05) is 30.3 Å². The second-order valence-electron chi connectivity index (χ2n) is 6.98. The smallest absolute Gasteiger partial charge is 0.144 e. The maximum Gasteiger partial charge on any atom is 0.144 e. The van der Waals surface area contributed by atoms with Crippen molar-refractivity contribution in [2.45, 2.75) is 24.8 Å². The Labute approximate surface area is 144 Å². The van der Waals surface area contributed by atoms with Crippen LogP contribution < -0.4 is 9.75 Å². The highest BCUT2D eigenvalue weighted by atomic mass is 19.1. The first kappa shape index (κ1) is 14.6. The van der Waals surface area contributed by atoms with Crippen molar-refractivity contribution in [3.8, 4) is 5.75 Å². The molecule has 2 heterocycles. The predicted molar refractivity (Wildman–Crippen MR) is 92.5 cm³/mol. The number of aldehydes is 1. The Kier molecular flexibility index (Phi) is 3.02. The number of hydrogen-bond donors (Lipinski definition) is 0. The summed E-state index contributed by atoms with van der Waals surface area (Å²) in [5, 5.41) is 6.69. The van der Waals surface area contributed by atoms with Gasteiger partial charge < -0.3 is 9.53 Å². The van der Waals surface area contributed by atoms with E-state index >= 15 is 0 Å². The zero-order valence-electron chi connectivity index (χ0n) is 13.6. The number of hydrogen-bond acceptors (Lipinski definition) is 4. The zero-order chi connectivity index (χ0) is 17.0. The van der Waals surface area contributed by atoms with Crippen LogP contribution in [0.4, 0.5) is 10.1 Å². The molecule has 0 saturated heterocycles. The molecule has 2 unspecified atom stereocenters. The van der Waals surface area contributed by atoms with Gasteiger partial charge in [-0.25, -0.2) is 4.39 Å². The first-order valence-electron chi connectivity index (χ1n) is 8.54. The van der Waals surface area contributed by atoms with Crippen LogP contribution in [0.1, 0.15) is 24.3 Å². The van der Waals surface area contributed by atoms with Crippen molar-refractivity contribution in [3.05, 3.63) is 59.9 Å². The second-order valence-corrected chi connectivity index (χ2v) is 6.98. The molecule has 0 amide bonds. The number of benzene rings is 2. The number of hydrazone groups is 1. The largest absolute Gasteiger partial charge is 0.489 e. The lowest BCUT2D eigenvalue weighted by molar-refractivity contribution is -0.110. The quantitative estimate of drug-likeness (QED) is 0.805. The highest BCUT2D eigenvalue weighted by Gasteiger charge is 2.56. The van der Waals surface area contributed by atoms with Gasteiger partial charge in [-0.3, -0.25) is 5.01 Å². The van der Waals surface area contributed by atoms with Crippen molar-refractivity contribution in [2.24, 2.45) is 10.5 Å². The van der Waals surface area contributed by atoms with Crippen LogP contribution in [-0.2, 0) is 4.79 Å². The van der Waals surface area contributed by atoms with Gasteiger partial charge in [-0.05, 0) is 30.5 Å². The molecule has 2 aliphatic heterocycles. The van der Waals surface area contributed by atoms with E-state index < -0.39 is 5.41 Å². The number of fused-ring (bicyclic) bond motifs is 3. The Morgan fingerprint density at radius 3 is 2.72 bits per heavy atom. The fraction of sp³-hybridized carbons (Fsp3) is 0.300. The van der Waals surface area contributed by atoms with Gasteiger partial charge >= 0.3 is 0 Å². The van der Waals surface area contributed by atoms with Gasteiger partial charge in [0.2, 0.25) is 0 Å². The van der Waals surface area contributed by atoms with E-state index in [-0.39, 0.29) is 17.8 Å². The third-order valence-electron chi connectivity index (χ3n) is 5.47. The van der Waals surface area contributed by atoms with Crippen LogP contribution in [-0.4, -0.2) is 24.6 Å². The minimum atomic E-state index is -0.467. The van der Waals surface area contributed by atoms with E-state index in [0.717, 1.165) is 30.4 Å². The molecule has 3 aliphatic rings. The number of ether oxygens (including phenoxy) is 1. The molecule has 1 saturated carbocycles. The van der Waals surface area contributed by atoms with Crippen LogP contribution in [0.2, 0.25) is 0 Å². The van der Waals surface area contributed by atoms with Crippen LogP contribution in [0, 0.1) is 11.2 Å². The van der Waals surface area contributed by atoms with Crippen LogP contribution in [0.5, 0.6) is 5.75 Å². The second kappa shape index (κ2) is 5.15. The first-order valence-corrected chi connectivity index (χ1v) is 8.54. The predicted octanol–water partition coefficient (Wildman–Crippen LogP) is 3.53. The molecule has 2 atom stereocenters. The summed E-state index contributed by atoms with van der Waals surface area (Å²) < 4.78 is 19.7. The van der Waals surface area contributed by atoms with E-state index in [2.05, 4.69) is 12.1 Å². The molecule has 0 spiro atoms. The van der Waals surface area contributed by atoms with E-state index in [1.165, 1.54) is 12.1 Å². The fourth-order valence-corrected chi connectivity index (χ4v) is 3.96. The molecule has 0 radical (unpaired) electrons. The van der Waals surface area contributed by atoms with Crippen LogP contribution in [0.25, 0.3) is 0 Å². The molecule has 2 aromatic carbocycles. The van der Waals surface area contributed by atoms with Gasteiger partial charge in [0.15, 0.2) is 0 Å². The Balaban J connectivity index is 1.65. The molecule has 1 aliphatic carbocycles. The zero-order valence-corrected chi connectivity index (χ0v) is 13.6. The van der Waals surface area contributed by atoms with Crippen molar-refractivity contribution in [3.63, 3.8) is 0 Å². The summed E-state index contributed by atoms with van der Waals surface area (Å²) in [6.07, 6.45) is 2.69. The van der Waals surface area contributed by atoms with Crippen molar-refractivity contribution in [2.75, 3.05) is 11.6 Å². The lowest BCUT2D eigenvalue weighted by Gasteiger charge is -2.34. The monoisotopic (exact) mass is 336 g/mol. The summed E-state index contributed by atoms with van der Waals surface area (Å²) in [4.78, 5) is 11.8. The molecule has 0 N–H and O–H groups in total. The van der Waals surface area contributed by atoms with Gasteiger partial charge in [-0.2, -0.15) is 5.10 Å². The van der Waals surface area contributed by atoms with E-state index in [9.17, 15) is 9.18 Å². The molecule has 25 heavy (non-hydrogen) atoms.